The SMILES string of the molecule is O=C(O)c1nc2ccccc2cc1O.O=C(O)c1nc2ccccc2cc1O.O=C(O)c1nc2ccccc2cc1O.O=C(O)c1nc2ccccc2cc1O.O=C(O)c1nc2ccccc2cc1O.[V]. The van der Waals surface area contributed by atoms with Gasteiger partial charge in [-0.05, 0) is 60.7 Å². The van der Waals surface area contributed by atoms with Crippen LogP contribution in [0.25, 0.3) is 54.5 Å². The molecule has 21 heteroatoms. The van der Waals surface area contributed by atoms with Crippen molar-refractivity contribution in [3.8, 4) is 28.7 Å². The van der Waals surface area contributed by atoms with Crippen LogP contribution in [0.1, 0.15) is 52.4 Å². The number of fused-ring (bicyclic) bond motifs is 5. The van der Waals surface area contributed by atoms with Crippen LogP contribution in [0, 0.1) is 0 Å². The Kier molecular flexibility index (Phi) is 17.0. The van der Waals surface area contributed by atoms with Gasteiger partial charge in [0.1, 0.15) is 28.7 Å². The zero-order chi connectivity index (χ0) is 50.6. The predicted molar refractivity (Wildman–Crippen MR) is 252 cm³/mol. The van der Waals surface area contributed by atoms with Crippen LogP contribution in [0.15, 0.2) is 152 Å². The van der Waals surface area contributed by atoms with Gasteiger partial charge in [0.25, 0.3) is 0 Å². The Morgan fingerprint density at radius 3 is 0.549 bits per heavy atom. The molecule has 0 bridgehead atoms. The summed E-state index contributed by atoms with van der Waals surface area (Å²) in [6, 6.07) is 42.0. The van der Waals surface area contributed by atoms with Crippen LogP contribution >= 0.6 is 0 Å². The first kappa shape index (κ1) is 52.1. The molecule has 0 unspecified atom stereocenters. The molecule has 0 aliphatic heterocycles. The molecule has 10 aromatic rings. The molecule has 0 atom stereocenters. The molecule has 0 fully saturated rings. The summed E-state index contributed by atoms with van der Waals surface area (Å²) in [7, 11) is 0. The molecule has 1 radical (unpaired) electrons. The summed E-state index contributed by atoms with van der Waals surface area (Å²) in [6.45, 7) is 0. The van der Waals surface area contributed by atoms with E-state index in [2.05, 4.69) is 24.9 Å². The third-order valence-electron chi connectivity index (χ3n) is 9.53. The van der Waals surface area contributed by atoms with Crippen molar-refractivity contribution in [3.05, 3.63) is 180 Å². The number of carbonyl (C=O) groups is 5. The molecule has 71 heavy (non-hydrogen) atoms. The van der Waals surface area contributed by atoms with E-state index in [4.69, 9.17) is 25.5 Å². The van der Waals surface area contributed by atoms with Gasteiger partial charge in [-0.25, -0.2) is 48.9 Å². The summed E-state index contributed by atoms with van der Waals surface area (Å²) < 4.78 is 0. The summed E-state index contributed by atoms with van der Waals surface area (Å²) in [5, 5.41) is 93.8. The van der Waals surface area contributed by atoms with Gasteiger partial charge in [-0.3, -0.25) is 0 Å². The molecule has 20 nitrogen and oxygen atoms in total. The van der Waals surface area contributed by atoms with E-state index in [1.165, 1.54) is 30.3 Å². The number of rotatable bonds is 5. The van der Waals surface area contributed by atoms with Crippen molar-refractivity contribution in [1.29, 1.82) is 0 Å². The van der Waals surface area contributed by atoms with Crippen molar-refractivity contribution in [2.75, 3.05) is 0 Å². The largest absolute Gasteiger partial charge is 0.505 e. The fourth-order valence-corrected chi connectivity index (χ4v) is 6.31. The second-order valence-electron chi connectivity index (χ2n) is 14.3. The Labute approximate surface area is 410 Å². The van der Waals surface area contributed by atoms with Crippen molar-refractivity contribution >= 4 is 84.4 Å². The Balaban J connectivity index is 0.000000164. The Bertz CT molecular complexity index is 3100. The number of carboxylic acid groups (broad SMARTS) is 5. The minimum Gasteiger partial charge on any atom is -0.505 e. The molecule has 355 valence electrons. The molecule has 5 aromatic heterocycles. The summed E-state index contributed by atoms with van der Waals surface area (Å²) >= 11 is 0. The molecule has 10 rings (SSSR count). The first-order valence-electron chi connectivity index (χ1n) is 20.0. The molecule has 0 saturated carbocycles. The number of aromatic hydroxyl groups is 5. The normalized spacial score (nSPS) is 10.1. The molecule has 5 aromatic carbocycles. The van der Waals surface area contributed by atoms with Gasteiger partial charge in [-0.2, -0.15) is 0 Å². The number of para-hydroxylation sites is 5. The van der Waals surface area contributed by atoms with Gasteiger partial charge in [0, 0.05) is 45.5 Å². The molecule has 0 amide bonds. The van der Waals surface area contributed by atoms with Crippen LogP contribution in [-0.4, -0.2) is 106 Å². The van der Waals surface area contributed by atoms with Crippen molar-refractivity contribution in [1.82, 2.24) is 24.9 Å². The van der Waals surface area contributed by atoms with E-state index >= 15 is 0 Å². The Morgan fingerprint density at radius 1 is 0.268 bits per heavy atom. The smallest absolute Gasteiger partial charge is 0.358 e. The van der Waals surface area contributed by atoms with Gasteiger partial charge in [-0.15, -0.1) is 0 Å². The number of benzene rings is 5. The van der Waals surface area contributed by atoms with Gasteiger partial charge in [0.05, 0.1) is 27.6 Å². The number of aromatic carboxylic acids is 5. The van der Waals surface area contributed by atoms with Gasteiger partial charge in [0.2, 0.25) is 0 Å². The second kappa shape index (κ2) is 23.2. The van der Waals surface area contributed by atoms with E-state index in [0.29, 0.717) is 27.6 Å². The van der Waals surface area contributed by atoms with Crippen LogP contribution < -0.4 is 0 Å². The zero-order valence-electron chi connectivity index (χ0n) is 36.1. The summed E-state index contributed by atoms with van der Waals surface area (Å²) in [5.41, 5.74) is 1.21. The van der Waals surface area contributed by atoms with E-state index in [-0.39, 0.29) is 75.8 Å². The number of aromatic nitrogens is 5. The Hall–Kier alpha value is -9.92. The maximum atomic E-state index is 10.6. The third kappa shape index (κ3) is 13.0. The molecular formula is C50H35N5O15V. The standard InChI is InChI=1S/5C10H7NO3.V/c5*12-8-5-6-3-1-2-4-7(6)11-9(8)10(13)14;/h5*1-5,12H,(H,13,14);. The van der Waals surface area contributed by atoms with Crippen LogP contribution in [0.3, 0.4) is 0 Å². The number of nitrogens with zero attached hydrogens (tertiary/aromatic N) is 5. The van der Waals surface area contributed by atoms with E-state index < -0.39 is 29.8 Å². The van der Waals surface area contributed by atoms with Gasteiger partial charge in [0.15, 0.2) is 28.5 Å². The minimum atomic E-state index is -1.23. The molecule has 5 heterocycles. The van der Waals surface area contributed by atoms with Crippen molar-refractivity contribution < 1.29 is 93.6 Å². The quantitative estimate of drug-likeness (QED) is 0.0776. The van der Waals surface area contributed by atoms with Crippen LogP contribution in [0.4, 0.5) is 0 Å². The maximum Gasteiger partial charge on any atom is 0.358 e. The second-order valence-corrected chi connectivity index (χ2v) is 14.3. The summed E-state index contributed by atoms with van der Waals surface area (Å²) in [6.07, 6.45) is 0. The maximum absolute atomic E-state index is 10.6. The Morgan fingerprint density at radius 2 is 0.408 bits per heavy atom. The van der Waals surface area contributed by atoms with E-state index in [9.17, 15) is 49.5 Å². The van der Waals surface area contributed by atoms with Gasteiger partial charge >= 0.3 is 29.8 Å². The third-order valence-corrected chi connectivity index (χ3v) is 9.53. The number of hydrogen-bond acceptors (Lipinski definition) is 15. The molecular weight excluding hydrogens is 962 g/mol. The van der Waals surface area contributed by atoms with Crippen molar-refractivity contribution in [3.63, 3.8) is 0 Å². The van der Waals surface area contributed by atoms with Crippen LogP contribution in [-0.2, 0) is 18.6 Å². The average Bonchev–Trinajstić information content (AvgIpc) is 3.33. The van der Waals surface area contributed by atoms with Gasteiger partial charge < -0.3 is 51.1 Å². The van der Waals surface area contributed by atoms with E-state index in [0.717, 1.165) is 26.9 Å². The van der Waals surface area contributed by atoms with Gasteiger partial charge in [-0.1, -0.05) is 91.0 Å². The molecule has 0 aliphatic carbocycles. The zero-order valence-corrected chi connectivity index (χ0v) is 37.5. The monoisotopic (exact) mass is 996 g/mol. The minimum absolute atomic E-state index is 0. The number of carboxylic acids is 5. The molecule has 10 N–H and O–H groups in total. The molecule has 0 saturated heterocycles. The fourth-order valence-electron chi connectivity index (χ4n) is 6.31. The van der Waals surface area contributed by atoms with Crippen molar-refractivity contribution in [2.45, 2.75) is 0 Å². The van der Waals surface area contributed by atoms with E-state index in [1.54, 1.807) is 121 Å². The summed E-state index contributed by atoms with van der Waals surface area (Å²) in [5.74, 6) is -7.69. The summed E-state index contributed by atoms with van der Waals surface area (Å²) in [4.78, 5) is 72.3. The number of hydrogen-bond donors (Lipinski definition) is 10. The first-order valence-corrected chi connectivity index (χ1v) is 20.0. The average molecular weight is 997 g/mol. The topological polar surface area (TPSA) is 352 Å². The molecule has 0 spiro atoms. The fraction of sp³-hybridized carbons (Fsp3) is 0. The predicted octanol–water partition coefficient (Wildman–Crippen LogP) is 8.19. The van der Waals surface area contributed by atoms with E-state index in [1.807, 2.05) is 0 Å². The molecule has 0 aliphatic rings. The van der Waals surface area contributed by atoms with Crippen LogP contribution in [0.5, 0.6) is 28.7 Å². The number of pyridine rings is 5. The first-order chi connectivity index (χ1) is 33.4. The van der Waals surface area contributed by atoms with Crippen LogP contribution in [0.2, 0.25) is 0 Å². The van der Waals surface area contributed by atoms with Crippen molar-refractivity contribution in [2.24, 2.45) is 0 Å².